The van der Waals surface area contributed by atoms with Crippen LogP contribution in [0.3, 0.4) is 0 Å². The van der Waals surface area contributed by atoms with Crippen molar-refractivity contribution < 1.29 is 18.3 Å². The predicted octanol–water partition coefficient (Wildman–Crippen LogP) is 4.85. The second-order valence-electron chi connectivity index (χ2n) is 6.48. The number of fused-ring (bicyclic) bond motifs is 1. The van der Waals surface area contributed by atoms with Crippen LogP contribution >= 0.6 is 11.6 Å². The molecule has 0 aliphatic rings. The monoisotopic (exact) mass is 445 g/mol. The molecule has 31 heavy (non-hydrogen) atoms. The third kappa shape index (κ3) is 4.36. The molecule has 2 aromatic carbocycles. The quantitative estimate of drug-likeness (QED) is 0.308. The van der Waals surface area contributed by atoms with Crippen molar-refractivity contribution in [3.63, 3.8) is 0 Å². The molecule has 0 unspecified atom stereocenters. The lowest BCUT2D eigenvalue weighted by atomic mass is 10.2. The lowest BCUT2D eigenvalue weighted by molar-refractivity contribution is 0.295. The number of rotatable bonds is 8. The number of nitrogens with one attached hydrogen (secondary N) is 1. The van der Waals surface area contributed by atoms with Crippen molar-refractivity contribution in [2.75, 3.05) is 24.9 Å². The normalized spacial score (nSPS) is 11.0. The van der Waals surface area contributed by atoms with E-state index in [-0.39, 0.29) is 5.69 Å². The molecule has 0 amide bonds. The van der Waals surface area contributed by atoms with Crippen molar-refractivity contribution in [1.82, 2.24) is 19.7 Å². The Bertz CT molecular complexity index is 1220. The van der Waals surface area contributed by atoms with Crippen LogP contribution < -0.4 is 14.8 Å². The van der Waals surface area contributed by atoms with Crippen molar-refractivity contribution in [2.24, 2.45) is 0 Å². The summed E-state index contributed by atoms with van der Waals surface area (Å²) < 4.78 is 40.0. The van der Waals surface area contributed by atoms with Gasteiger partial charge < -0.3 is 14.8 Å². The maximum absolute atomic E-state index is 14.1. The minimum absolute atomic E-state index is 0.000927. The van der Waals surface area contributed by atoms with Crippen molar-refractivity contribution in [3.8, 4) is 17.2 Å². The molecule has 2 heterocycles. The van der Waals surface area contributed by atoms with E-state index >= 15 is 0 Å². The number of halogens is 3. The molecule has 0 fully saturated rings. The highest BCUT2D eigenvalue weighted by Gasteiger charge is 2.14. The maximum atomic E-state index is 14.1. The van der Waals surface area contributed by atoms with Gasteiger partial charge in [-0.1, -0.05) is 6.07 Å². The van der Waals surface area contributed by atoms with Gasteiger partial charge in [0, 0.05) is 29.6 Å². The van der Waals surface area contributed by atoms with E-state index in [1.54, 1.807) is 25.3 Å². The molecule has 0 saturated carbocycles. The Morgan fingerprint density at radius 3 is 2.81 bits per heavy atom. The fourth-order valence-corrected chi connectivity index (χ4v) is 3.10. The third-order valence-corrected chi connectivity index (χ3v) is 4.74. The number of ether oxygens (including phenoxy) is 2. The van der Waals surface area contributed by atoms with Crippen molar-refractivity contribution in [2.45, 2.75) is 6.42 Å². The summed E-state index contributed by atoms with van der Waals surface area (Å²) in [5.41, 5.74) is 0.635. The number of aromatic nitrogens is 4. The lowest BCUT2D eigenvalue weighted by Gasteiger charge is -2.13. The predicted molar refractivity (Wildman–Crippen MR) is 114 cm³/mol. The molecule has 0 saturated heterocycles. The fraction of sp³-hybridized carbons (Fsp3) is 0.190. The van der Waals surface area contributed by atoms with Gasteiger partial charge in [-0.05, 0) is 24.6 Å². The van der Waals surface area contributed by atoms with Crippen LogP contribution in [0.5, 0.6) is 11.5 Å². The van der Waals surface area contributed by atoms with E-state index in [4.69, 9.17) is 21.1 Å². The summed E-state index contributed by atoms with van der Waals surface area (Å²) in [5.74, 6) is 0.517. The number of hydrogen-bond donors (Lipinski definition) is 1. The molecule has 0 spiro atoms. The first-order chi connectivity index (χ1) is 15.1. The van der Waals surface area contributed by atoms with Gasteiger partial charge in [0.25, 0.3) is 0 Å². The molecule has 0 atom stereocenters. The molecule has 160 valence electrons. The SMILES string of the molecule is COc1cc2c(Nc3ccn(-c4cccc(F)c4F)n3)ncnc2cc1OCCCCl. The minimum Gasteiger partial charge on any atom is -0.493 e. The molecule has 0 radical (unpaired) electrons. The van der Waals surface area contributed by atoms with Crippen molar-refractivity contribution >= 4 is 34.1 Å². The first-order valence-electron chi connectivity index (χ1n) is 9.39. The van der Waals surface area contributed by atoms with E-state index in [2.05, 4.69) is 20.4 Å². The summed E-state index contributed by atoms with van der Waals surface area (Å²) in [6, 6.07) is 9.05. The maximum Gasteiger partial charge on any atom is 0.184 e. The summed E-state index contributed by atoms with van der Waals surface area (Å²) in [4.78, 5) is 8.57. The Kier molecular flexibility index (Phi) is 6.13. The van der Waals surface area contributed by atoms with Gasteiger partial charge in [0.2, 0.25) is 0 Å². The van der Waals surface area contributed by atoms with Gasteiger partial charge >= 0.3 is 0 Å². The Morgan fingerprint density at radius 2 is 2.00 bits per heavy atom. The smallest absolute Gasteiger partial charge is 0.184 e. The second kappa shape index (κ2) is 9.13. The van der Waals surface area contributed by atoms with Crippen LogP contribution in [0, 0.1) is 11.6 Å². The van der Waals surface area contributed by atoms with Crippen LogP contribution in [0.1, 0.15) is 6.42 Å². The van der Waals surface area contributed by atoms with E-state index < -0.39 is 11.6 Å². The first-order valence-corrected chi connectivity index (χ1v) is 9.92. The average molecular weight is 446 g/mol. The highest BCUT2D eigenvalue weighted by molar-refractivity contribution is 6.17. The third-order valence-electron chi connectivity index (χ3n) is 4.47. The van der Waals surface area contributed by atoms with E-state index in [0.717, 1.165) is 6.07 Å². The summed E-state index contributed by atoms with van der Waals surface area (Å²) in [7, 11) is 1.54. The number of anilines is 2. The van der Waals surface area contributed by atoms with Gasteiger partial charge in [0.1, 0.15) is 17.8 Å². The number of hydrogen-bond acceptors (Lipinski definition) is 6. The van der Waals surface area contributed by atoms with Crippen LogP contribution in [0.2, 0.25) is 0 Å². The van der Waals surface area contributed by atoms with Gasteiger partial charge in [-0.3, -0.25) is 0 Å². The lowest BCUT2D eigenvalue weighted by Crippen LogP contribution is -2.03. The second-order valence-corrected chi connectivity index (χ2v) is 6.85. The van der Waals surface area contributed by atoms with Gasteiger partial charge in [-0.2, -0.15) is 0 Å². The summed E-state index contributed by atoms with van der Waals surface area (Å²) in [6.07, 6.45) is 3.63. The van der Waals surface area contributed by atoms with Crippen molar-refractivity contribution in [3.05, 3.63) is 60.6 Å². The Labute approximate surface area is 181 Å². The standard InChI is InChI=1S/C21H18ClF2N5O2/c1-30-17-10-13-15(11-18(17)31-9-3-7-22)25-12-26-21(13)27-19-6-8-29(28-19)16-5-2-4-14(23)20(16)24/h2,4-6,8,10-12H,3,7,9H2,1H3,(H,25,26,27,28). The zero-order valence-corrected chi connectivity index (χ0v) is 17.2. The molecule has 0 bridgehead atoms. The molecule has 4 rings (SSSR count). The highest BCUT2D eigenvalue weighted by Crippen LogP contribution is 2.34. The first kappa shape index (κ1) is 20.8. The van der Waals surface area contributed by atoms with Crippen LogP contribution in [0.4, 0.5) is 20.4 Å². The van der Waals surface area contributed by atoms with Crippen molar-refractivity contribution in [1.29, 1.82) is 0 Å². The summed E-state index contributed by atoms with van der Waals surface area (Å²) >= 11 is 5.70. The molecule has 10 heteroatoms. The van der Waals surface area contributed by atoms with Gasteiger partial charge in [-0.15, -0.1) is 16.7 Å². The van der Waals surface area contributed by atoms with Gasteiger partial charge in [0.05, 0.1) is 19.2 Å². The number of benzene rings is 2. The summed E-state index contributed by atoms with van der Waals surface area (Å²) in [6.45, 7) is 0.454. The molecule has 0 aliphatic heterocycles. The molecule has 0 aliphatic carbocycles. The Morgan fingerprint density at radius 1 is 1.13 bits per heavy atom. The molecular formula is C21H18ClF2N5O2. The van der Waals surface area contributed by atoms with E-state index in [0.29, 0.717) is 52.9 Å². The minimum atomic E-state index is -0.976. The zero-order valence-electron chi connectivity index (χ0n) is 16.5. The van der Waals surface area contributed by atoms with E-state index in [1.807, 2.05) is 0 Å². The van der Waals surface area contributed by atoms with Crippen LogP contribution in [-0.2, 0) is 0 Å². The number of nitrogens with zero attached hydrogens (tertiary/aromatic N) is 4. The molecule has 7 nitrogen and oxygen atoms in total. The zero-order chi connectivity index (χ0) is 21.8. The number of alkyl halides is 1. The van der Waals surface area contributed by atoms with Gasteiger partial charge in [-0.25, -0.2) is 23.4 Å². The topological polar surface area (TPSA) is 74.1 Å². The largest absolute Gasteiger partial charge is 0.493 e. The fourth-order valence-electron chi connectivity index (χ4n) is 2.99. The Hall–Kier alpha value is -3.46. The highest BCUT2D eigenvalue weighted by atomic mass is 35.5. The Balaban J connectivity index is 1.64. The molecule has 1 N–H and O–H groups in total. The average Bonchev–Trinajstić information content (AvgIpc) is 3.24. The van der Waals surface area contributed by atoms with Gasteiger partial charge in [0.15, 0.2) is 29.0 Å². The van der Waals surface area contributed by atoms with Crippen LogP contribution in [-0.4, -0.2) is 39.3 Å². The molecule has 4 aromatic rings. The van der Waals surface area contributed by atoms with Crippen LogP contribution in [0.25, 0.3) is 16.6 Å². The molecule has 2 aromatic heterocycles. The summed E-state index contributed by atoms with van der Waals surface area (Å²) in [5, 5.41) is 8.02. The van der Waals surface area contributed by atoms with E-state index in [1.165, 1.54) is 29.3 Å². The molecular weight excluding hydrogens is 428 g/mol. The number of methoxy groups -OCH3 is 1. The van der Waals surface area contributed by atoms with Crippen LogP contribution in [0.15, 0.2) is 48.9 Å². The van der Waals surface area contributed by atoms with E-state index in [9.17, 15) is 8.78 Å².